The van der Waals surface area contributed by atoms with Gasteiger partial charge in [-0.1, -0.05) is 36.2 Å². The van der Waals surface area contributed by atoms with Gasteiger partial charge >= 0.3 is 5.97 Å². The van der Waals surface area contributed by atoms with Crippen LogP contribution in [0.1, 0.15) is 42.4 Å². The highest BCUT2D eigenvalue weighted by Gasteiger charge is 2.44. The Morgan fingerprint density at radius 3 is 2.50 bits per heavy atom. The lowest BCUT2D eigenvalue weighted by atomic mass is 9.92. The van der Waals surface area contributed by atoms with Gasteiger partial charge in [0.2, 0.25) is 0 Å². The first-order valence-corrected chi connectivity index (χ1v) is 6.67. The molecule has 0 amide bonds. The molecule has 0 spiro atoms. The monoisotopic (exact) mass is 246 g/mol. The number of ether oxygens (including phenoxy) is 1. The largest absolute Gasteiger partial charge is 0.469 e. The molecule has 2 heteroatoms. The Bertz CT molecular complexity index is 430. The van der Waals surface area contributed by atoms with Gasteiger partial charge in [-0.3, -0.25) is 4.79 Å². The van der Waals surface area contributed by atoms with E-state index in [9.17, 15) is 4.79 Å². The second-order valence-electron chi connectivity index (χ2n) is 5.68. The quantitative estimate of drug-likeness (QED) is 0.759. The van der Waals surface area contributed by atoms with Crippen molar-refractivity contribution in [2.75, 3.05) is 7.11 Å². The summed E-state index contributed by atoms with van der Waals surface area (Å²) in [5.74, 6) is 1.16. The van der Waals surface area contributed by atoms with Gasteiger partial charge in [-0.2, -0.15) is 0 Å². The maximum atomic E-state index is 11.4. The summed E-state index contributed by atoms with van der Waals surface area (Å²) in [4.78, 5) is 11.4. The third-order valence-electron chi connectivity index (χ3n) is 3.90. The van der Waals surface area contributed by atoms with Crippen molar-refractivity contribution in [3.05, 3.63) is 34.9 Å². The Balaban J connectivity index is 1.97. The number of esters is 1. The Labute approximate surface area is 109 Å². The van der Waals surface area contributed by atoms with Crippen molar-refractivity contribution >= 4 is 5.97 Å². The highest BCUT2D eigenvalue weighted by atomic mass is 16.5. The number of methoxy groups -OCH3 is 1. The molecular weight excluding hydrogens is 224 g/mol. The Kier molecular flexibility index (Phi) is 3.74. The number of rotatable bonds is 4. The number of hydrogen-bond acceptors (Lipinski definition) is 2. The van der Waals surface area contributed by atoms with Gasteiger partial charge in [-0.15, -0.1) is 0 Å². The van der Waals surface area contributed by atoms with Gasteiger partial charge in [-0.05, 0) is 44.1 Å². The number of benzene rings is 1. The molecule has 18 heavy (non-hydrogen) atoms. The molecule has 3 atom stereocenters. The summed E-state index contributed by atoms with van der Waals surface area (Å²) >= 11 is 0. The van der Waals surface area contributed by atoms with Gasteiger partial charge in [-0.25, -0.2) is 0 Å². The first-order valence-electron chi connectivity index (χ1n) is 6.67. The van der Waals surface area contributed by atoms with E-state index in [0.29, 0.717) is 11.8 Å². The molecule has 0 aromatic heterocycles. The van der Waals surface area contributed by atoms with Crippen LogP contribution in [0.2, 0.25) is 0 Å². The van der Waals surface area contributed by atoms with Crippen molar-refractivity contribution < 1.29 is 9.53 Å². The van der Waals surface area contributed by atoms with Crippen LogP contribution in [0.4, 0.5) is 0 Å². The zero-order valence-corrected chi connectivity index (χ0v) is 11.7. The van der Waals surface area contributed by atoms with E-state index in [1.807, 2.05) is 0 Å². The minimum atomic E-state index is -0.0346. The molecule has 0 N–H and O–H groups in total. The summed E-state index contributed by atoms with van der Waals surface area (Å²) in [6.07, 6.45) is 2.09. The number of carbonyl (C=O) groups excluding carboxylic acids is 1. The predicted octanol–water partition coefficient (Wildman–Crippen LogP) is 3.61. The van der Waals surface area contributed by atoms with Crippen molar-refractivity contribution in [3.8, 4) is 0 Å². The molecular formula is C16H22O2. The normalized spacial score (nSPS) is 23.6. The van der Waals surface area contributed by atoms with Crippen molar-refractivity contribution in [2.45, 2.75) is 39.5 Å². The smallest absolute Gasteiger partial charge is 0.308 e. The third kappa shape index (κ3) is 2.92. The van der Waals surface area contributed by atoms with Crippen LogP contribution in [0.15, 0.2) is 18.2 Å². The van der Waals surface area contributed by atoms with Crippen LogP contribution in [0.3, 0.4) is 0 Å². The van der Waals surface area contributed by atoms with Crippen LogP contribution < -0.4 is 0 Å². The SMILES string of the molecule is COC(=O)C1CC1CC(C)c1cc(C)cc(C)c1. The fourth-order valence-electron chi connectivity index (χ4n) is 2.83. The summed E-state index contributed by atoms with van der Waals surface area (Å²) < 4.78 is 4.79. The van der Waals surface area contributed by atoms with Crippen LogP contribution >= 0.6 is 0 Å². The molecule has 1 aromatic rings. The zero-order valence-electron chi connectivity index (χ0n) is 11.7. The fraction of sp³-hybridized carbons (Fsp3) is 0.562. The highest BCUT2D eigenvalue weighted by molar-refractivity contribution is 5.75. The maximum absolute atomic E-state index is 11.4. The molecule has 1 fully saturated rings. The molecule has 0 saturated heterocycles. The average Bonchev–Trinajstić information content (AvgIpc) is 3.06. The molecule has 0 heterocycles. The minimum absolute atomic E-state index is 0.0346. The molecule has 0 bridgehead atoms. The van der Waals surface area contributed by atoms with Crippen LogP contribution in [0, 0.1) is 25.7 Å². The molecule has 1 saturated carbocycles. The average molecular weight is 246 g/mol. The van der Waals surface area contributed by atoms with Crippen LogP contribution in [0.25, 0.3) is 0 Å². The predicted molar refractivity (Wildman–Crippen MR) is 72.6 cm³/mol. The Hall–Kier alpha value is -1.31. The Morgan fingerprint density at radius 2 is 1.94 bits per heavy atom. The lowest BCUT2D eigenvalue weighted by molar-refractivity contribution is -0.142. The van der Waals surface area contributed by atoms with E-state index in [1.54, 1.807) is 0 Å². The van der Waals surface area contributed by atoms with E-state index >= 15 is 0 Å². The summed E-state index contributed by atoms with van der Waals surface area (Å²) in [5.41, 5.74) is 4.03. The second-order valence-corrected chi connectivity index (χ2v) is 5.68. The number of carbonyl (C=O) groups is 1. The minimum Gasteiger partial charge on any atom is -0.469 e. The summed E-state index contributed by atoms with van der Waals surface area (Å²) in [6.45, 7) is 6.52. The van der Waals surface area contributed by atoms with Gasteiger partial charge in [0.1, 0.15) is 0 Å². The molecule has 3 unspecified atom stereocenters. The molecule has 1 aliphatic rings. The Morgan fingerprint density at radius 1 is 1.33 bits per heavy atom. The van der Waals surface area contributed by atoms with Crippen LogP contribution in [-0.4, -0.2) is 13.1 Å². The fourth-order valence-corrected chi connectivity index (χ4v) is 2.83. The molecule has 0 aliphatic heterocycles. The van der Waals surface area contributed by atoms with Crippen molar-refractivity contribution in [1.29, 1.82) is 0 Å². The molecule has 0 radical (unpaired) electrons. The third-order valence-corrected chi connectivity index (χ3v) is 3.90. The van der Waals surface area contributed by atoms with Gasteiger partial charge in [0.05, 0.1) is 13.0 Å². The number of hydrogen-bond donors (Lipinski definition) is 0. The number of aryl methyl sites for hydroxylation is 2. The van der Waals surface area contributed by atoms with Gasteiger partial charge in [0.25, 0.3) is 0 Å². The molecule has 1 aromatic carbocycles. The van der Waals surface area contributed by atoms with Gasteiger partial charge in [0, 0.05) is 0 Å². The van der Waals surface area contributed by atoms with Crippen LogP contribution in [-0.2, 0) is 9.53 Å². The molecule has 2 rings (SSSR count). The van der Waals surface area contributed by atoms with E-state index < -0.39 is 0 Å². The van der Waals surface area contributed by atoms with E-state index in [0.717, 1.165) is 12.8 Å². The van der Waals surface area contributed by atoms with Crippen molar-refractivity contribution in [2.24, 2.45) is 11.8 Å². The van der Waals surface area contributed by atoms with Crippen molar-refractivity contribution in [3.63, 3.8) is 0 Å². The van der Waals surface area contributed by atoms with Crippen LogP contribution in [0.5, 0.6) is 0 Å². The lowest BCUT2D eigenvalue weighted by Crippen LogP contribution is -2.06. The highest BCUT2D eigenvalue weighted by Crippen LogP contribution is 2.45. The topological polar surface area (TPSA) is 26.3 Å². The van der Waals surface area contributed by atoms with Gasteiger partial charge < -0.3 is 4.74 Å². The lowest BCUT2D eigenvalue weighted by Gasteiger charge is -2.13. The first kappa shape index (κ1) is 13.1. The van der Waals surface area contributed by atoms with Gasteiger partial charge in [0.15, 0.2) is 0 Å². The second kappa shape index (κ2) is 5.13. The summed E-state index contributed by atoms with van der Waals surface area (Å²) in [7, 11) is 1.48. The van der Waals surface area contributed by atoms with Crippen molar-refractivity contribution in [1.82, 2.24) is 0 Å². The standard InChI is InChI=1S/C16H22O2/c1-10-5-11(2)7-13(6-10)12(3)8-14-9-15(14)16(17)18-4/h5-7,12,14-15H,8-9H2,1-4H3. The van der Waals surface area contributed by atoms with E-state index in [1.165, 1.54) is 23.8 Å². The maximum Gasteiger partial charge on any atom is 0.308 e. The molecule has 1 aliphatic carbocycles. The van der Waals surface area contributed by atoms with E-state index in [4.69, 9.17) is 4.74 Å². The zero-order chi connectivity index (χ0) is 13.3. The first-order chi connectivity index (χ1) is 8.51. The summed E-state index contributed by atoms with van der Waals surface area (Å²) in [6, 6.07) is 6.71. The molecule has 98 valence electrons. The van der Waals surface area contributed by atoms with E-state index in [-0.39, 0.29) is 11.9 Å². The summed E-state index contributed by atoms with van der Waals surface area (Å²) in [5, 5.41) is 0. The van der Waals surface area contributed by atoms with E-state index in [2.05, 4.69) is 39.0 Å². The molecule has 2 nitrogen and oxygen atoms in total.